The molecule has 3 saturated heterocycles. The highest BCUT2D eigenvalue weighted by Crippen LogP contribution is 2.40. The van der Waals surface area contributed by atoms with E-state index < -0.39 is 36.0 Å². The molecule has 0 unspecified atom stereocenters. The second kappa shape index (κ2) is 10.6. The molecule has 3 atom stereocenters. The van der Waals surface area contributed by atoms with Crippen molar-refractivity contribution >= 4 is 33.4 Å². The van der Waals surface area contributed by atoms with E-state index in [0.717, 1.165) is 10.2 Å². The summed E-state index contributed by atoms with van der Waals surface area (Å²) < 4.78 is 51.3. The Morgan fingerprint density at radius 1 is 1.27 bits per heavy atom. The molecule has 6 heterocycles. The van der Waals surface area contributed by atoms with E-state index in [1.54, 1.807) is 18.3 Å². The van der Waals surface area contributed by atoms with Gasteiger partial charge >= 0.3 is 5.97 Å². The van der Waals surface area contributed by atoms with Gasteiger partial charge in [-0.1, -0.05) is 0 Å². The summed E-state index contributed by atoms with van der Waals surface area (Å²) in [5, 5.41) is 10.0. The molecule has 40 heavy (non-hydrogen) atoms. The van der Waals surface area contributed by atoms with Gasteiger partial charge in [0.2, 0.25) is 5.88 Å². The molecule has 3 aromatic heterocycles. The Balaban J connectivity index is 1.29. The molecule has 0 radical (unpaired) electrons. The van der Waals surface area contributed by atoms with E-state index in [1.165, 1.54) is 17.2 Å². The number of hydrogen-bond donors (Lipinski definition) is 1. The number of carboxylic acids is 1. The zero-order valence-corrected chi connectivity index (χ0v) is 23.0. The van der Waals surface area contributed by atoms with E-state index in [4.69, 9.17) is 18.6 Å². The number of ether oxygens (including phenoxy) is 3. The normalized spacial score (nSPS) is 24.0. The molecule has 3 aliphatic heterocycles. The van der Waals surface area contributed by atoms with E-state index in [-0.39, 0.29) is 36.3 Å². The van der Waals surface area contributed by atoms with Crippen LogP contribution in [0, 0.1) is 0 Å². The number of halogens is 3. The monoisotopic (exact) mass is 621 g/mol. The molecular weight excluding hydrogens is 596 g/mol. The number of carbonyl (C=O) groups is 1. The Kier molecular flexibility index (Phi) is 7.09. The van der Waals surface area contributed by atoms with Crippen LogP contribution >= 0.6 is 15.9 Å². The highest BCUT2D eigenvalue weighted by atomic mass is 79.9. The Bertz CT molecular complexity index is 1390. The van der Waals surface area contributed by atoms with Crippen LogP contribution in [0.15, 0.2) is 45.6 Å². The number of rotatable bonds is 7. The molecule has 0 bridgehead atoms. The van der Waals surface area contributed by atoms with E-state index in [2.05, 4.69) is 42.7 Å². The summed E-state index contributed by atoms with van der Waals surface area (Å²) in [5.41, 5.74) is 0.465. The van der Waals surface area contributed by atoms with Gasteiger partial charge in [0.1, 0.15) is 34.9 Å². The minimum Gasteiger partial charge on any atom is -0.480 e. The number of aromatic nitrogens is 3. The maximum atomic E-state index is 13.7. The minimum absolute atomic E-state index is 0.0193. The van der Waals surface area contributed by atoms with E-state index in [0.29, 0.717) is 32.2 Å². The molecule has 1 spiro atoms. The summed E-state index contributed by atoms with van der Waals surface area (Å²) in [6, 6.07) is 5.46. The lowest BCUT2D eigenvalue weighted by molar-refractivity contribution is -0.228. The van der Waals surface area contributed by atoms with Crippen molar-refractivity contribution in [3.63, 3.8) is 0 Å². The predicted octanol–water partition coefficient (Wildman–Crippen LogP) is 3.94. The number of aliphatic carboxylic acids is 1. The highest BCUT2D eigenvalue weighted by Gasteiger charge is 2.50. The van der Waals surface area contributed by atoms with Crippen molar-refractivity contribution in [3.05, 3.63) is 47.0 Å². The van der Waals surface area contributed by atoms with Crippen LogP contribution < -0.4 is 14.5 Å². The third kappa shape index (κ3) is 4.88. The van der Waals surface area contributed by atoms with Crippen LogP contribution in [0.3, 0.4) is 0 Å². The fraction of sp³-hybridized carbons (Fsp3) is 0.462. The van der Waals surface area contributed by atoms with Crippen LogP contribution in [0.1, 0.15) is 25.6 Å². The van der Waals surface area contributed by atoms with E-state index in [1.807, 2.05) is 6.07 Å². The molecule has 0 amide bonds. The van der Waals surface area contributed by atoms with Crippen LogP contribution in [-0.4, -0.2) is 82.7 Å². The summed E-state index contributed by atoms with van der Waals surface area (Å²) in [4.78, 5) is 28.3. The first-order valence-electron chi connectivity index (χ1n) is 12.7. The van der Waals surface area contributed by atoms with Gasteiger partial charge < -0.3 is 33.5 Å². The lowest BCUT2D eigenvalue weighted by Crippen LogP contribution is -2.68. The van der Waals surface area contributed by atoms with Crippen LogP contribution in [0.5, 0.6) is 5.88 Å². The topological polar surface area (TPSA) is 123 Å². The maximum absolute atomic E-state index is 13.7. The molecule has 0 aromatic carbocycles. The molecule has 14 heteroatoms. The van der Waals surface area contributed by atoms with Crippen molar-refractivity contribution < 1.29 is 37.3 Å². The second-order valence-corrected chi connectivity index (χ2v) is 10.9. The molecule has 11 nitrogen and oxygen atoms in total. The summed E-state index contributed by atoms with van der Waals surface area (Å²) in [7, 11) is 0. The highest BCUT2D eigenvalue weighted by molar-refractivity contribution is 9.10. The third-order valence-electron chi connectivity index (χ3n) is 7.57. The molecule has 0 aliphatic carbocycles. The van der Waals surface area contributed by atoms with Crippen molar-refractivity contribution in [1.29, 1.82) is 0 Å². The predicted molar refractivity (Wildman–Crippen MR) is 141 cm³/mol. The van der Waals surface area contributed by atoms with Crippen molar-refractivity contribution in [2.45, 2.75) is 43.6 Å². The van der Waals surface area contributed by atoms with Crippen LogP contribution in [-0.2, 0) is 14.3 Å². The van der Waals surface area contributed by atoms with Gasteiger partial charge in [0.05, 0.1) is 38.7 Å². The van der Waals surface area contributed by atoms with Gasteiger partial charge in [-0.2, -0.15) is 0 Å². The average Bonchev–Trinajstić information content (AvgIpc) is 3.60. The van der Waals surface area contributed by atoms with Gasteiger partial charge in [0.25, 0.3) is 6.43 Å². The van der Waals surface area contributed by atoms with E-state index in [9.17, 15) is 18.7 Å². The molecule has 1 N–H and O–H groups in total. The third-order valence-corrected chi connectivity index (χ3v) is 8.00. The first-order valence-corrected chi connectivity index (χ1v) is 13.5. The van der Waals surface area contributed by atoms with Crippen molar-refractivity contribution in [2.75, 3.05) is 42.7 Å². The van der Waals surface area contributed by atoms with Gasteiger partial charge in [0.15, 0.2) is 11.6 Å². The summed E-state index contributed by atoms with van der Waals surface area (Å²) in [6.45, 7) is 4.27. The van der Waals surface area contributed by atoms with E-state index >= 15 is 0 Å². The molecule has 212 valence electrons. The standard InChI is InChI=1S/C26H26BrF2N5O6/c1-14-26(12-37-13-26)39-6-4-33(14)18-7-15(27)10-30-24(18)40-16-8-19(25(35)36)34(11-16)21-9-17(20-3-2-5-38-20)31-23(32-21)22(28)29/h2-3,5,7,9-10,14,16,19,22H,4,6,8,11-13H2,1H3,(H,35,36)/t14-,16-,19-/m0/s1. The Labute approximate surface area is 236 Å². The number of alkyl halides is 2. The van der Waals surface area contributed by atoms with Gasteiger partial charge in [-0.15, -0.1) is 0 Å². The van der Waals surface area contributed by atoms with Crippen molar-refractivity contribution in [2.24, 2.45) is 0 Å². The second-order valence-electron chi connectivity index (χ2n) is 9.98. The molecule has 0 saturated carbocycles. The van der Waals surface area contributed by atoms with Gasteiger partial charge in [-0.25, -0.2) is 28.5 Å². The van der Waals surface area contributed by atoms with Crippen LogP contribution in [0.25, 0.3) is 11.5 Å². The zero-order chi connectivity index (χ0) is 28.0. The summed E-state index contributed by atoms with van der Waals surface area (Å²) in [5.74, 6) is -1.18. The molecule has 3 aromatic rings. The summed E-state index contributed by atoms with van der Waals surface area (Å²) >= 11 is 3.50. The Morgan fingerprint density at radius 3 is 2.77 bits per heavy atom. The molecular formula is C26H26BrF2N5O6. The first-order chi connectivity index (χ1) is 19.2. The lowest BCUT2D eigenvalue weighted by Gasteiger charge is -2.53. The smallest absolute Gasteiger partial charge is 0.326 e. The van der Waals surface area contributed by atoms with Gasteiger partial charge in [-0.05, 0) is 41.1 Å². The fourth-order valence-corrected chi connectivity index (χ4v) is 5.71. The average molecular weight is 622 g/mol. The quantitative estimate of drug-likeness (QED) is 0.412. The maximum Gasteiger partial charge on any atom is 0.326 e. The fourth-order valence-electron chi connectivity index (χ4n) is 5.39. The molecule has 6 rings (SSSR count). The van der Waals surface area contributed by atoms with Crippen molar-refractivity contribution in [1.82, 2.24) is 15.0 Å². The number of carboxylic acid groups (broad SMARTS) is 1. The molecule has 3 aliphatic rings. The zero-order valence-electron chi connectivity index (χ0n) is 21.4. The summed E-state index contributed by atoms with van der Waals surface area (Å²) in [6.07, 6.45) is -0.462. The lowest BCUT2D eigenvalue weighted by atomic mass is 9.90. The SMILES string of the molecule is C[C@@H]1N(c2cc(Br)cnc2O[C@H]2C[C@@H](C(=O)O)N(c3cc(-c4ccco4)nc(C(F)F)n3)C2)CCOC12COC2. The van der Waals surface area contributed by atoms with Gasteiger partial charge in [-0.3, -0.25) is 0 Å². The van der Waals surface area contributed by atoms with Crippen molar-refractivity contribution in [3.8, 4) is 17.3 Å². The number of nitrogens with zero attached hydrogens (tertiary/aromatic N) is 5. The number of pyridine rings is 1. The Hall–Kier alpha value is -3.36. The number of furan rings is 1. The first kappa shape index (κ1) is 26.8. The minimum atomic E-state index is -2.96. The largest absolute Gasteiger partial charge is 0.480 e. The van der Waals surface area contributed by atoms with Crippen LogP contribution in [0.2, 0.25) is 0 Å². The number of hydrogen-bond acceptors (Lipinski definition) is 10. The Morgan fingerprint density at radius 2 is 2.10 bits per heavy atom. The van der Waals surface area contributed by atoms with Crippen LogP contribution in [0.4, 0.5) is 20.3 Å². The number of anilines is 2. The van der Waals surface area contributed by atoms with Gasteiger partial charge in [0, 0.05) is 29.7 Å². The molecule has 3 fully saturated rings. The number of morpholine rings is 1.